The Morgan fingerprint density at radius 1 is 0.963 bits per heavy atom. The summed E-state index contributed by atoms with van der Waals surface area (Å²) in [5.74, 6) is 0.580. The molecule has 0 aliphatic carbocycles. The second-order valence-corrected chi connectivity index (χ2v) is 7.26. The molecule has 27 heavy (non-hydrogen) atoms. The molecule has 0 atom stereocenters. The van der Waals surface area contributed by atoms with Gasteiger partial charge in [-0.1, -0.05) is 64.5 Å². The number of aldehydes is 1. The van der Waals surface area contributed by atoms with E-state index in [0.717, 1.165) is 27.5 Å². The zero-order valence-corrected chi connectivity index (χ0v) is 17.2. The summed E-state index contributed by atoms with van der Waals surface area (Å²) in [6.07, 6.45) is 2.89. The van der Waals surface area contributed by atoms with Crippen molar-refractivity contribution in [1.82, 2.24) is 0 Å². The lowest BCUT2D eigenvalue weighted by Crippen LogP contribution is -1.94. The van der Waals surface area contributed by atoms with E-state index in [1.54, 1.807) is 7.11 Å². The third-order valence-corrected chi connectivity index (χ3v) is 5.36. The molecule has 0 radical (unpaired) electrons. The van der Waals surface area contributed by atoms with E-state index in [1.807, 2.05) is 25.1 Å². The van der Waals surface area contributed by atoms with Gasteiger partial charge in [-0.2, -0.15) is 0 Å². The van der Waals surface area contributed by atoms with Crippen molar-refractivity contribution in [3.8, 4) is 16.9 Å². The van der Waals surface area contributed by atoms with Gasteiger partial charge in [0.15, 0.2) is 6.29 Å². The second kappa shape index (κ2) is 8.36. The van der Waals surface area contributed by atoms with E-state index in [4.69, 9.17) is 4.74 Å². The van der Waals surface area contributed by atoms with Crippen molar-refractivity contribution in [2.45, 2.75) is 13.8 Å². The highest BCUT2D eigenvalue weighted by atomic mass is 79.9. The first-order chi connectivity index (χ1) is 13.0. The Morgan fingerprint density at radius 3 is 2.37 bits per heavy atom. The van der Waals surface area contributed by atoms with E-state index in [1.165, 1.54) is 16.7 Å². The molecule has 0 amide bonds. The fraction of sp³-hybridized carbons (Fsp3) is 0.125. The van der Waals surface area contributed by atoms with Crippen molar-refractivity contribution in [3.05, 3.63) is 88.5 Å². The first kappa shape index (κ1) is 19.1. The van der Waals surface area contributed by atoms with E-state index >= 15 is 0 Å². The fourth-order valence-electron chi connectivity index (χ4n) is 3.19. The normalized spacial score (nSPS) is 11.3. The number of aryl methyl sites for hydroxylation is 1. The average molecular weight is 421 g/mol. The largest absolute Gasteiger partial charge is 0.496 e. The van der Waals surface area contributed by atoms with Gasteiger partial charge in [0.25, 0.3) is 0 Å². The van der Waals surface area contributed by atoms with Crippen LogP contribution in [0.25, 0.3) is 21.7 Å². The average Bonchev–Trinajstić information content (AvgIpc) is 2.69. The van der Waals surface area contributed by atoms with Crippen LogP contribution in [0, 0.1) is 13.8 Å². The zero-order chi connectivity index (χ0) is 19.4. The van der Waals surface area contributed by atoms with Crippen LogP contribution in [0.3, 0.4) is 0 Å². The molecule has 0 spiro atoms. The molecule has 0 saturated heterocycles. The van der Waals surface area contributed by atoms with Gasteiger partial charge < -0.3 is 4.74 Å². The molecular weight excluding hydrogens is 400 g/mol. The van der Waals surface area contributed by atoms with Gasteiger partial charge in [-0.25, -0.2) is 0 Å². The SMILES string of the molecule is COc1cc(/C=C(\Br)c2cccc(-c3ccccc3)c2C)c(C)cc1C=O. The summed E-state index contributed by atoms with van der Waals surface area (Å²) in [5, 5.41) is 0. The maximum atomic E-state index is 11.2. The first-order valence-electron chi connectivity index (χ1n) is 8.71. The zero-order valence-electron chi connectivity index (χ0n) is 15.6. The molecule has 0 fully saturated rings. The second-order valence-electron chi connectivity index (χ2n) is 6.41. The predicted octanol–water partition coefficient (Wildman–Crippen LogP) is 6.68. The molecule has 0 N–H and O–H groups in total. The number of hydrogen-bond acceptors (Lipinski definition) is 2. The molecule has 136 valence electrons. The summed E-state index contributed by atoms with van der Waals surface area (Å²) in [4.78, 5) is 11.2. The molecule has 0 aliphatic rings. The van der Waals surface area contributed by atoms with Gasteiger partial charge in [-0.3, -0.25) is 4.79 Å². The van der Waals surface area contributed by atoms with Crippen molar-refractivity contribution in [2.75, 3.05) is 7.11 Å². The van der Waals surface area contributed by atoms with E-state index < -0.39 is 0 Å². The van der Waals surface area contributed by atoms with Gasteiger partial charge in [0.2, 0.25) is 0 Å². The lowest BCUT2D eigenvalue weighted by molar-refractivity contribution is 0.112. The van der Waals surface area contributed by atoms with E-state index in [2.05, 4.69) is 71.4 Å². The lowest BCUT2D eigenvalue weighted by atomic mass is 9.95. The Kier molecular flexibility index (Phi) is 5.92. The van der Waals surface area contributed by atoms with Crippen LogP contribution in [0.15, 0.2) is 60.7 Å². The van der Waals surface area contributed by atoms with Crippen molar-refractivity contribution in [3.63, 3.8) is 0 Å². The van der Waals surface area contributed by atoms with Gasteiger partial charge in [-0.15, -0.1) is 0 Å². The predicted molar refractivity (Wildman–Crippen MR) is 117 cm³/mol. The molecule has 0 aromatic heterocycles. The highest BCUT2D eigenvalue weighted by Crippen LogP contribution is 2.34. The number of carbonyl (C=O) groups excluding carboxylic acids is 1. The molecule has 2 nitrogen and oxygen atoms in total. The molecule has 0 saturated carbocycles. The van der Waals surface area contributed by atoms with Gasteiger partial charge >= 0.3 is 0 Å². The van der Waals surface area contributed by atoms with Crippen LogP contribution < -0.4 is 4.74 Å². The Hall–Kier alpha value is -2.65. The number of rotatable bonds is 5. The summed E-state index contributed by atoms with van der Waals surface area (Å²) in [7, 11) is 1.58. The van der Waals surface area contributed by atoms with Gasteiger partial charge in [-0.05, 0) is 65.4 Å². The number of hydrogen-bond donors (Lipinski definition) is 0. The molecule has 3 rings (SSSR count). The smallest absolute Gasteiger partial charge is 0.153 e. The molecule has 3 aromatic carbocycles. The van der Waals surface area contributed by atoms with E-state index in [-0.39, 0.29) is 0 Å². The quantitative estimate of drug-likeness (QED) is 0.339. The van der Waals surface area contributed by atoms with Crippen LogP contribution in [0.1, 0.15) is 32.6 Å². The van der Waals surface area contributed by atoms with Crippen LogP contribution in [-0.4, -0.2) is 13.4 Å². The van der Waals surface area contributed by atoms with Crippen LogP contribution in [0.2, 0.25) is 0 Å². The molecule has 0 aliphatic heterocycles. The van der Waals surface area contributed by atoms with E-state index in [9.17, 15) is 4.79 Å². The highest BCUT2D eigenvalue weighted by Gasteiger charge is 2.11. The number of benzene rings is 3. The third-order valence-electron chi connectivity index (χ3n) is 4.70. The maximum Gasteiger partial charge on any atom is 0.153 e. The Balaban J connectivity index is 2.07. The maximum absolute atomic E-state index is 11.2. The number of halogens is 1. The number of ether oxygens (including phenoxy) is 1. The molecule has 0 heterocycles. The summed E-state index contributed by atoms with van der Waals surface area (Å²) >= 11 is 3.75. The first-order valence-corrected chi connectivity index (χ1v) is 9.51. The monoisotopic (exact) mass is 420 g/mol. The molecule has 3 aromatic rings. The lowest BCUT2D eigenvalue weighted by Gasteiger charge is -2.13. The summed E-state index contributed by atoms with van der Waals surface area (Å²) in [6, 6.07) is 20.4. The van der Waals surface area contributed by atoms with Crippen LogP contribution in [0.5, 0.6) is 5.75 Å². The van der Waals surface area contributed by atoms with Crippen molar-refractivity contribution < 1.29 is 9.53 Å². The summed E-state index contributed by atoms with van der Waals surface area (Å²) < 4.78 is 6.33. The summed E-state index contributed by atoms with van der Waals surface area (Å²) in [5.41, 5.74) is 7.34. The molecule has 0 unspecified atom stereocenters. The van der Waals surface area contributed by atoms with Crippen molar-refractivity contribution in [1.29, 1.82) is 0 Å². The minimum Gasteiger partial charge on any atom is -0.496 e. The standard InChI is InChI=1S/C24H21BrO2/c1-16-12-20(15-26)24(27-3)14-19(16)13-23(25)22-11-7-10-21(17(22)2)18-8-5-4-6-9-18/h4-15H,1-3H3/b23-13-. The molecule has 3 heteroatoms. The number of methoxy groups -OCH3 is 1. The van der Waals surface area contributed by atoms with Crippen LogP contribution in [-0.2, 0) is 0 Å². The minimum atomic E-state index is 0.561. The van der Waals surface area contributed by atoms with Gasteiger partial charge in [0.1, 0.15) is 5.75 Å². The van der Waals surface area contributed by atoms with Crippen LogP contribution >= 0.6 is 15.9 Å². The van der Waals surface area contributed by atoms with E-state index in [0.29, 0.717) is 11.3 Å². The molecular formula is C24H21BrO2. The fourth-order valence-corrected chi connectivity index (χ4v) is 3.87. The number of carbonyl (C=O) groups is 1. The topological polar surface area (TPSA) is 26.3 Å². The van der Waals surface area contributed by atoms with Crippen molar-refractivity contribution in [2.24, 2.45) is 0 Å². The van der Waals surface area contributed by atoms with Crippen molar-refractivity contribution >= 4 is 32.8 Å². The summed E-state index contributed by atoms with van der Waals surface area (Å²) in [6.45, 7) is 4.13. The molecule has 0 bridgehead atoms. The van der Waals surface area contributed by atoms with Gasteiger partial charge in [0.05, 0.1) is 12.7 Å². The minimum absolute atomic E-state index is 0.561. The third kappa shape index (κ3) is 4.04. The Morgan fingerprint density at radius 2 is 1.70 bits per heavy atom. The Bertz CT molecular complexity index is 1000. The van der Waals surface area contributed by atoms with Gasteiger partial charge in [0, 0.05) is 4.48 Å². The Labute approximate surface area is 168 Å². The highest BCUT2D eigenvalue weighted by molar-refractivity contribution is 9.15. The van der Waals surface area contributed by atoms with Crippen LogP contribution in [0.4, 0.5) is 0 Å².